The minimum Gasteiger partial charge on any atom is -0.750 e. The molecule has 0 aromatic heterocycles. The van der Waals surface area contributed by atoms with E-state index in [-0.39, 0.29) is 23.0 Å². The van der Waals surface area contributed by atoms with Crippen LogP contribution in [-0.2, 0) is 15.5 Å². The Balaban J connectivity index is 0. The molecule has 0 rings (SSSR count). The Morgan fingerprint density at radius 2 is 1.69 bits per heavy atom. The molecule has 0 aliphatic rings. The van der Waals surface area contributed by atoms with E-state index in [1.54, 1.807) is 0 Å². The van der Waals surface area contributed by atoms with Crippen LogP contribution in [0.15, 0.2) is 0 Å². The fraction of sp³-hybridized carbons (Fsp3) is 1.00. The molecule has 0 spiro atoms. The standard InChI is InChI=1S/C10H21IO3S.Li/c1-2-3-4-5-6-7-8-9-10(11)14-15(12)13;/h10H,2-9H2,1H3,(H,12,13);/q;+1/p-1. The van der Waals surface area contributed by atoms with Crippen molar-refractivity contribution in [2.75, 3.05) is 0 Å². The van der Waals surface area contributed by atoms with Gasteiger partial charge in [-0.2, -0.15) is 0 Å². The second-order valence-electron chi connectivity index (χ2n) is 3.62. The van der Waals surface area contributed by atoms with Crippen molar-refractivity contribution >= 4 is 34.0 Å². The van der Waals surface area contributed by atoms with Crippen LogP contribution in [0.4, 0.5) is 0 Å². The van der Waals surface area contributed by atoms with Gasteiger partial charge >= 0.3 is 18.9 Å². The molecule has 0 fully saturated rings. The van der Waals surface area contributed by atoms with Crippen molar-refractivity contribution in [1.82, 2.24) is 0 Å². The quantitative estimate of drug-likeness (QED) is 0.191. The maximum Gasteiger partial charge on any atom is 1.00 e. The molecule has 0 saturated heterocycles. The third kappa shape index (κ3) is 15.4. The Morgan fingerprint density at radius 1 is 1.19 bits per heavy atom. The molecule has 6 heteroatoms. The van der Waals surface area contributed by atoms with Crippen molar-refractivity contribution in [3.63, 3.8) is 0 Å². The summed E-state index contributed by atoms with van der Waals surface area (Å²) in [5.41, 5.74) is 0. The predicted molar refractivity (Wildman–Crippen MR) is 70.4 cm³/mol. The van der Waals surface area contributed by atoms with Crippen molar-refractivity contribution in [2.24, 2.45) is 0 Å². The fourth-order valence-electron chi connectivity index (χ4n) is 1.40. The zero-order valence-corrected chi connectivity index (χ0v) is 13.2. The molecule has 0 bridgehead atoms. The van der Waals surface area contributed by atoms with Crippen LogP contribution in [0.25, 0.3) is 0 Å². The van der Waals surface area contributed by atoms with E-state index in [0.29, 0.717) is 0 Å². The minimum atomic E-state index is -2.36. The zero-order chi connectivity index (χ0) is 11.5. The van der Waals surface area contributed by atoms with Crippen molar-refractivity contribution in [2.45, 2.75) is 62.4 Å². The molecule has 2 unspecified atom stereocenters. The van der Waals surface area contributed by atoms with Gasteiger partial charge in [0.2, 0.25) is 0 Å². The second-order valence-corrected chi connectivity index (χ2v) is 5.61. The number of alkyl halides is 1. The van der Waals surface area contributed by atoms with Crippen LogP contribution >= 0.6 is 22.6 Å². The van der Waals surface area contributed by atoms with Crippen LogP contribution in [0.1, 0.15) is 58.3 Å². The molecule has 0 N–H and O–H groups in total. The average Bonchev–Trinajstić information content (AvgIpc) is 2.15. The Bertz CT molecular complexity index is 172. The first kappa shape index (κ1) is 19.7. The Labute approximate surface area is 127 Å². The number of rotatable bonds is 10. The van der Waals surface area contributed by atoms with Crippen LogP contribution in [0.3, 0.4) is 0 Å². The Morgan fingerprint density at radius 3 is 2.19 bits per heavy atom. The average molecular weight is 354 g/mol. The van der Waals surface area contributed by atoms with Crippen LogP contribution in [0, 0.1) is 0 Å². The van der Waals surface area contributed by atoms with E-state index in [2.05, 4.69) is 11.1 Å². The molecule has 0 aliphatic heterocycles. The zero-order valence-electron chi connectivity index (χ0n) is 10.2. The summed E-state index contributed by atoms with van der Waals surface area (Å²) in [6, 6.07) is 0. The summed E-state index contributed by atoms with van der Waals surface area (Å²) in [6.45, 7) is 2.21. The summed E-state index contributed by atoms with van der Waals surface area (Å²) in [5.74, 6) is 0. The van der Waals surface area contributed by atoms with Gasteiger partial charge in [-0.15, -0.1) is 0 Å². The number of halogens is 1. The van der Waals surface area contributed by atoms with E-state index >= 15 is 0 Å². The van der Waals surface area contributed by atoms with E-state index in [0.717, 1.165) is 12.8 Å². The summed E-state index contributed by atoms with van der Waals surface area (Å²) in [5, 5.41) is 0. The van der Waals surface area contributed by atoms with Gasteiger partial charge in [-0.05, 0) is 29.0 Å². The molecule has 2 atom stereocenters. The monoisotopic (exact) mass is 354 g/mol. The second kappa shape index (κ2) is 14.5. The maximum atomic E-state index is 10.2. The molecular formula is C10H20ILiO3S. The molecule has 0 amide bonds. The molecule has 0 aromatic rings. The first-order valence-corrected chi connectivity index (χ1v) is 7.81. The Hall–Kier alpha value is 1.40. The van der Waals surface area contributed by atoms with E-state index in [1.807, 2.05) is 22.6 Å². The van der Waals surface area contributed by atoms with Gasteiger partial charge in [0.05, 0.1) is 11.4 Å². The molecule has 3 nitrogen and oxygen atoms in total. The first-order chi connectivity index (χ1) is 7.16. The third-order valence-corrected chi connectivity index (χ3v) is 3.83. The van der Waals surface area contributed by atoms with Gasteiger partial charge < -0.3 is 4.55 Å². The summed E-state index contributed by atoms with van der Waals surface area (Å²) >= 11 is -0.349. The smallest absolute Gasteiger partial charge is 0.750 e. The number of hydrogen-bond donors (Lipinski definition) is 0. The molecule has 0 radical (unpaired) electrons. The molecule has 0 aliphatic carbocycles. The van der Waals surface area contributed by atoms with Crippen LogP contribution in [0.5, 0.6) is 0 Å². The predicted octanol–water partition coefficient (Wildman–Crippen LogP) is 0.703. The summed E-state index contributed by atoms with van der Waals surface area (Å²) in [6.07, 6.45) is 9.53. The van der Waals surface area contributed by atoms with E-state index in [9.17, 15) is 8.76 Å². The summed E-state index contributed by atoms with van der Waals surface area (Å²) < 4.78 is 24.8. The van der Waals surface area contributed by atoms with Crippen LogP contribution in [0.2, 0.25) is 0 Å². The van der Waals surface area contributed by atoms with Gasteiger partial charge in [-0.25, -0.2) is 4.21 Å². The Kier molecular flexibility index (Phi) is 17.8. The van der Waals surface area contributed by atoms with E-state index in [4.69, 9.17) is 0 Å². The summed E-state index contributed by atoms with van der Waals surface area (Å²) in [7, 11) is 0. The van der Waals surface area contributed by atoms with Gasteiger partial charge in [-0.3, -0.25) is 4.18 Å². The normalized spacial score (nSPS) is 14.2. The van der Waals surface area contributed by atoms with Crippen molar-refractivity contribution in [1.29, 1.82) is 0 Å². The summed E-state index contributed by atoms with van der Waals surface area (Å²) in [4.78, 5) is 0. The molecule has 0 heterocycles. The van der Waals surface area contributed by atoms with Crippen LogP contribution < -0.4 is 18.9 Å². The molecule has 16 heavy (non-hydrogen) atoms. The van der Waals surface area contributed by atoms with Crippen molar-refractivity contribution in [3.05, 3.63) is 0 Å². The number of hydrogen-bond acceptors (Lipinski definition) is 3. The molecule has 92 valence electrons. The van der Waals surface area contributed by atoms with Gasteiger partial charge in [0.1, 0.15) is 4.11 Å². The van der Waals surface area contributed by atoms with Gasteiger partial charge in [-0.1, -0.05) is 51.9 Å². The van der Waals surface area contributed by atoms with E-state index in [1.165, 1.54) is 38.5 Å². The molecule has 0 saturated carbocycles. The third-order valence-electron chi connectivity index (χ3n) is 2.22. The molecular weight excluding hydrogens is 334 g/mol. The van der Waals surface area contributed by atoms with Crippen LogP contribution in [-0.4, -0.2) is 12.9 Å². The number of unbranched alkanes of at least 4 members (excludes halogenated alkanes) is 6. The van der Waals surface area contributed by atoms with E-state index < -0.39 is 11.4 Å². The first-order valence-electron chi connectivity index (χ1n) is 5.57. The minimum absolute atomic E-state index is 0. The van der Waals surface area contributed by atoms with Crippen molar-refractivity contribution < 1.29 is 31.8 Å². The SMILES string of the molecule is CCCCCCCCCC(I)OS(=O)[O-].[Li+]. The van der Waals surface area contributed by atoms with Gasteiger partial charge in [0.25, 0.3) is 0 Å². The fourth-order valence-corrected chi connectivity index (χ4v) is 2.61. The topological polar surface area (TPSA) is 49.4 Å². The van der Waals surface area contributed by atoms with Gasteiger partial charge in [0.15, 0.2) is 0 Å². The van der Waals surface area contributed by atoms with Gasteiger partial charge in [0, 0.05) is 0 Å². The van der Waals surface area contributed by atoms with Crippen molar-refractivity contribution in [3.8, 4) is 0 Å². The largest absolute Gasteiger partial charge is 1.00 e. The molecule has 0 aromatic carbocycles. The maximum absolute atomic E-state index is 10.2.